The molecule has 2 aliphatic rings. The van der Waals surface area contributed by atoms with Gasteiger partial charge in [0.1, 0.15) is 0 Å². The van der Waals surface area contributed by atoms with E-state index >= 15 is 0 Å². The van der Waals surface area contributed by atoms with Gasteiger partial charge in [-0.3, -0.25) is 4.99 Å². The van der Waals surface area contributed by atoms with Gasteiger partial charge in [-0.25, -0.2) is 0 Å². The third kappa shape index (κ3) is 3.36. The molecule has 3 heteroatoms. The van der Waals surface area contributed by atoms with E-state index in [0.29, 0.717) is 0 Å². The van der Waals surface area contributed by atoms with Gasteiger partial charge in [-0.1, -0.05) is 39.0 Å². The highest BCUT2D eigenvalue weighted by Crippen LogP contribution is 2.32. The Morgan fingerprint density at radius 3 is 2.71 bits per heavy atom. The summed E-state index contributed by atoms with van der Waals surface area (Å²) in [5, 5.41) is 3.57. The van der Waals surface area contributed by atoms with Crippen molar-refractivity contribution in [2.75, 3.05) is 26.7 Å². The fraction of sp³-hybridized carbons (Fsp3) is 0.929. The minimum absolute atomic E-state index is 0.875. The Kier molecular flexibility index (Phi) is 4.69. The molecular weight excluding hydrogens is 210 g/mol. The summed E-state index contributed by atoms with van der Waals surface area (Å²) in [6.07, 6.45) is 8.48. The van der Waals surface area contributed by atoms with Gasteiger partial charge in [0, 0.05) is 20.1 Å². The first-order valence-corrected chi connectivity index (χ1v) is 7.30. The van der Waals surface area contributed by atoms with Crippen LogP contribution < -0.4 is 5.32 Å². The highest BCUT2D eigenvalue weighted by molar-refractivity contribution is 5.81. The lowest BCUT2D eigenvalue weighted by atomic mass is 9.77. The maximum Gasteiger partial charge on any atom is 0.193 e. The van der Waals surface area contributed by atoms with Gasteiger partial charge in [0.25, 0.3) is 0 Å². The minimum atomic E-state index is 0.875. The summed E-state index contributed by atoms with van der Waals surface area (Å²) in [5.74, 6) is 2.94. The van der Waals surface area contributed by atoms with Gasteiger partial charge in [-0.05, 0) is 18.3 Å². The standard InChI is InChI=1S/C14H27N3/c1-3-6-12-7-4-5-8-13(12)11-16-14-15-9-10-17(14)2/h12-13H,3-11H2,1-2H3,(H,15,16). The van der Waals surface area contributed by atoms with Gasteiger partial charge < -0.3 is 10.2 Å². The zero-order valence-corrected chi connectivity index (χ0v) is 11.4. The molecular formula is C14H27N3. The number of nitrogens with zero attached hydrogens (tertiary/aromatic N) is 2. The fourth-order valence-corrected chi connectivity index (χ4v) is 3.25. The molecule has 0 spiro atoms. The van der Waals surface area contributed by atoms with Gasteiger partial charge in [-0.15, -0.1) is 0 Å². The van der Waals surface area contributed by atoms with Crippen molar-refractivity contribution in [1.82, 2.24) is 10.2 Å². The number of aliphatic imine (C=N–C) groups is 1. The number of hydrogen-bond donors (Lipinski definition) is 1. The van der Waals surface area contributed by atoms with E-state index in [1.54, 1.807) is 0 Å². The van der Waals surface area contributed by atoms with Crippen molar-refractivity contribution in [3.63, 3.8) is 0 Å². The topological polar surface area (TPSA) is 27.6 Å². The monoisotopic (exact) mass is 237 g/mol. The van der Waals surface area contributed by atoms with E-state index in [2.05, 4.69) is 29.2 Å². The minimum Gasteiger partial charge on any atom is -0.356 e. The second-order valence-corrected chi connectivity index (χ2v) is 5.60. The Bertz CT molecular complexity index is 260. The van der Waals surface area contributed by atoms with Crippen LogP contribution in [0.4, 0.5) is 0 Å². The summed E-state index contributed by atoms with van der Waals surface area (Å²) in [6.45, 7) is 5.48. The smallest absolute Gasteiger partial charge is 0.193 e. The first-order valence-electron chi connectivity index (χ1n) is 7.30. The number of nitrogens with one attached hydrogen (secondary N) is 1. The maximum absolute atomic E-state index is 4.50. The summed E-state index contributed by atoms with van der Waals surface area (Å²) in [6, 6.07) is 0. The van der Waals surface area contributed by atoms with Gasteiger partial charge in [0.05, 0.1) is 6.54 Å². The molecule has 17 heavy (non-hydrogen) atoms. The molecule has 1 N–H and O–H groups in total. The Morgan fingerprint density at radius 2 is 2.06 bits per heavy atom. The summed E-state index contributed by atoms with van der Waals surface area (Å²) in [5.41, 5.74) is 0. The van der Waals surface area contributed by atoms with E-state index < -0.39 is 0 Å². The fourth-order valence-electron chi connectivity index (χ4n) is 3.25. The van der Waals surface area contributed by atoms with Crippen molar-refractivity contribution in [3.05, 3.63) is 0 Å². The van der Waals surface area contributed by atoms with Crippen LogP contribution in [0.5, 0.6) is 0 Å². The van der Waals surface area contributed by atoms with Crippen LogP contribution in [0.3, 0.4) is 0 Å². The number of rotatable bonds is 4. The molecule has 2 rings (SSSR count). The second kappa shape index (κ2) is 6.27. The van der Waals surface area contributed by atoms with Gasteiger partial charge in [0.2, 0.25) is 0 Å². The molecule has 0 aromatic carbocycles. The molecule has 1 aliphatic heterocycles. The quantitative estimate of drug-likeness (QED) is 0.813. The predicted molar refractivity (Wildman–Crippen MR) is 73.3 cm³/mol. The predicted octanol–water partition coefficient (Wildman–Crippen LogP) is 2.48. The molecule has 0 aromatic rings. The van der Waals surface area contributed by atoms with Crippen LogP contribution >= 0.6 is 0 Å². The molecule has 98 valence electrons. The van der Waals surface area contributed by atoms with Crippen LogP contribution in [0.15, 0.2) is 4.99 Å². The first kappa shape index (κ1) is 12.7. The molecule has 0 bridgehead atoms. The molecule has 1 fully saturated rings. The van der Waals surface area contributed by atoms with Gasteiger partial charge >= 0.3 is 0 Å². The number of guanidine groups is 1. The Labute approximate surface area is 106 Å². The summed E-state index contributed by atoms with van der Waals surface area (Å²) < 4.78 is 0. The largest absolute Gasteiger partial charge is 0.356 e. The van der Waals surface area contributed by atoms with Crippen LogP contribution in [0, 0.1) is 11.8 Å². The molecule has 2 unspecified atom stereocenters. The van der Waals surface area contributed by atoms with Gasteiger partial charge in [-0.2, -0.15) is 0 Å². The van der Waals surface area contributed by atoms with Gasteiger partial charge in [0.15, 0.2) is 5.96 Å². The molecule has 1 heterocycles. The zero-order chi connectivity index (χ0) is 12.1. The van der Waals surface area contributed by atoms with Crippen molar-refractivity contribution >= 4 is 5.96 Å². The molecule has 3 nitrogen and oxygen atoms in total. The van der Waals surface area contributed by atoms with E-state index in [1.807, 2.05) is 0 Å². The van der Waals surface area contributed by atoms with Crippen molar-refractivity contribution in [1.29, 1.82) is 0 Å². The van der Waals surface area contributed by atoms with E-state index in [0.717, 1.165) is 37.4 Å². The molecule has 1 saturated carbocycles. The van der Waals surface area contributed by atoms with Crippen molar-refractivity contribution in [2.24, 2.45) is 16.8 Å². The Morgan fingerprint density at radius 1 is 1.29 bits per heavy atom. The van der Waals surface area contributed by atoms with Crippen molar-refractivity contribution < 1.29 is 0 Å². The highest BCUT2D eigenvalue weighted by atomic mass is 15.3. The van der Waals surface area contributed by atoms with Crippen LogP contribution in [-0.4, -0.2) is 37.5 Å². The summed E-state index contributed by atoms with van der Waals surface area (Å²) in [7, 11) is 2.13. The Hall–Kier alpha value is -0.730. The second-order valence-electron chi connectivity index (χ2n) is 5.60. The normalized spacial score (nSPS) is 29.3. The highest BCUT2D eigenvalue weighted by Gasteiger charge is 2.25. The van der Waals surface area contributed by atoms with Crippen LogP contribution in [-0.2, 0) is 0 Å². The van der Waals surface area contributed by atoms with E-state index in [4.69, 9.17) is 0 Å². The number of likely N-dealkylation sites (N-methyl/N-ethyl adjacent to an activating group) is 1. The molecule has 0 saturated heterocycles. The van der Waals surface area contributed by atoms with Crippen molar-refractivity contribution in [3.8, 4) is 0 Å². The third-order valence-electron chi connectivity index (χ3n) is 4.31. The van der Waals surface area contributed by atoms with E-state index in [9.17, 15) is 0 Å². The molecule has 2 atom stereocenters. The lowest BCUT2D eigenvalue weighted by molar-refractivity contribution is 0.222. The first-order chi connectivity index (χ1) is 8.31. The lowest BCUT2D eigenvalue weighted by Gasteiger charge is -2.32. The van der Waals surface area contributed by atoms with Crippen LogP contribution in [0.25, 0.3) is 0 Å². The van der Waals surface area contributed by atoms with Crippen LogP contribution in [0.1, 0.15) is 45.4 Å². The lowest BCUT2D eigenvalue weighted by Crippen LogP contribution is -2.40. The van der Waals surface area contributed by atoms with Crippen LogP contribution in [0.2, 0.25) is 0 Å². The van der Waals surface area contributed by atoms with Crippen molar-refractivity contribution in [2.45, 2.75) is 45.4 Å². The molecule has 1 aliphatic carbocycles. The maximum atomic E-state index is 4.50. The molecule has 0 aromatic heterocycles. The average molecular weight is 237 g/mol. The average Bonchev–Trinajstić information content (AvgIpc) is 2.74. The van der Waals surface area contributed by atoms with E-state index in [-0.39, 0.29) is 0 Å². The SMILES string of the molecule is CCCC1CCCCC1CNC1=NCCN1C. The van der Waals surface area contributed by atoms with E-state index in [1.165, 1.54) is 38.5 Å². The summed E-state index contributed by atoms with van der Waals surface area (Å²) in [4.78, 5) is 6.74. The molecule has 0 amide bonds. The Balaban J connectivity index is 1.79. The third-order valence-corrected chi connectivity index (χ3v) is 4.31. The molecule has 0 radical (unpaired) electrons. The number of hydrogen-bond acceptors (Lipinski definition) is 3. The zero-order valence-electron chi connectivity index (χ0n) is 11.4. The summed E-state index contributed by atoms with van der Waals surface area (Å²) >= 11 is 0.